The lowest BCUT2D eigenvalue weighted by Gasteiger charge is -2.27. The lowest BCUT2D eigenvalue weighted by Crippen LogP contribution is -2.15. The van der Waals surface area contributed by atoms with Gasteiger partial charge in [-0.3, -0.25) is 0 Å². The number of para-hydroxylation sites is 3. The van der Waals surface area contributed by atoms with Crippen molar-refractivity contribution in [3.05, 3.63) is 363 Å². The predicted molar refractivity (Wildman–Crippen MR) is 453 cm³/mol. The Bertz CT molecular complexity index is 7240. The van der Waals surface area contributed by atoms with Crippen LogP contribution in [-0.2, 0) is 5.41 Å². The van der Waals surface area contributed by atoms with E-state index in [1.54, 1.807) is 0 Å². The number of hydrogen-bond donors (Lipinski definition) is 0. The first-order valence-electron chi connectivity index (χ1n) is 37.6. The summed E-state index contributed by atoms with van der Waals surface area (Å²) in [6.45, 7) is 4.70. The molecule has 0 spiro atoms. The summed E-state index contributed by atoms with van der Waals surface area (Å²) >= 11 is 0. The van der Waals surface area contributed by atoms with Gasteiger partial charge in [-0.25, -0.2) is 29.9 Å². The second-order valence-electron chi connectivity index (χ2n) is 29.2. The van der Waals surface area contributed by atoms with Gasteiger partial charge in [-0.05, 0) is 135 Å². The summed E-state index contributed by atoms with van der Waals surface area (Å²) in [5.74, 6) is 3.48. The zero-order valence-corrected chi connectivity index (χ0v) is 60.4. The summed E-state index contributed by atoms with van der Waals surface area (Å²) in [5.41, 5.74) is 23.9. The molecule has 0 atom stereocenters. The Hall–Kier alpha value is -14.7. The Kier molecular flexibility index (Phi) is 14.4. The minimum atomic E-state index is -0.314. The summed E-state index contributed by atoms with van der Waals surface area (Å²) in [5, 5.41) is 10.5. The molecule has 0 bridgehead atoms. The molecule has 10 heteroatoms. The minimum absolute atomic E-state index is 0.314. The fourth-order valence-electron chi connectivity index (χ4n) is 17.2. The Morgan fingerprint density at radius 2 is 0.676 bits per heavy atom. The fourth-order valence-corrected chi connectivity index (χ4v) is 17.2. The van der Waals surface area contributed by atoms with Crippen LogP contribution < -0.4 is 4.90 Å². The zero-order chi connectivity index (χ0) is 73.4. The Balaban J connectivity index is 0.617. The third-order valence-corrected chi connectivity index (χ3v) is 22.5. The third-order valence-electron chi connectivity index (χ3n) is 22.5. The lowest BCUT2D eigenvalue weighted by atomic mass is 9.81. The Morgan fingerprint density at radius 1 is 0.252 bits per heavy atom. The van der Waals surface area contributed by atoms with Crippen LogP contribution in [0, 0.1) is 0 Å². The van der Waals surface area contributed by atoms with Crippen LogP contribution in [0.3, 0.4) is 0 Å². The monoisotopic (exact) mass is 1420 g/mol. The molecular weight excluding hydrogens is 1360 g/mol. The maximum atomic E-state index is 6.97. The van der Waals surface area contributed by atoms with E-state index in [2.05, 4.69) is 278 Å². The number of nitrogens with zero attached hydrogens (tertiary/aromatic N) is 8. The molecule has 111 heavy (non-hydrogen) atoms. The molecule has 1 aliphatic carbocycles. The molecule has 5 aromatic heterocycles. The van der Waals surface area contributed by atoms with E-state index in [1.807, 2.05) is 97.1 Å². The zero-order valence-electron chi connectivity index (χ0n) is 60.4. The largest absolute Gasteiger partial charge is 0.455 e. The second kappa shape index (κ2) is 25.2. The van der Waals surface area contributed by atoms with Gasteiger partial charge in [0.25, 0.3) is 0 Å². The number of furan rings is 2. The standard InChI is InChI=1S/C101H64N8O2/c1-101(2)84-55-53-70(108(68-34-13-6-14-35-68)69-51-48-61(49-52-69)80-59-82-91-78(42-24-46-89(91)110-93(82)76-40-17-15-36-71(76)80)99-104-95(62-26-7-3-8-27-62)102-96(105-99)63-28-9-4-10-29-63)58-81(84)72-54-50-66(57-85(72)101)65-32-23-33-67(56-65)98-103-97(64-30-11-5-12-31-64)106-100(107-98)79-43-25-47-90-92(79)83-60-88(75-39-16-18-41-77(75)94(83)111-90)109-86-44-21-19-37-73(86)74-38-20-22-45-87(74)109/h3-60H,1-2H3. The number of fused-ring (bicyclic) bond motifs is 16. The van der Waals surface area contributed by atoms with Crippen LogP contribution in [0.25, 0.3) is 195 Å². The highest BCUT2D eigenvalue weighted by Gasteiger charge is 2.37. The van der Waals surface area contributed by atoms with Crippen LogP contribution in [0.1, 0.15) is 25.0 Å². The van der Waals surface area contributed by atoms with Crippen molar-refractivity contribution in [3.63, 3.8) is 0 Å². The van der Waals surface area contributed by atoms with Gasteiger partial charge in [0.15, 0.2) is 34.9 Å². The fraction of sp³-hybridized carbons (Fsp3) is 0.0297. The van der Waals surface area contributed by atoms with Crippen molar-refractivity contribution < 1.29 is 8.83 Å². The number of rotatable bonds is 12. The van der Waals surface area contributed by atoms with E-state index < -0.39 is 0 Å². The van der Waals surface area contributed by atoms with Crippen LogP contribution in [-0.4, -0.2) is 34.5 Å². The number of benzene rings is 16. The van der Waals surface area contributed by atoms with Crippen LogP contribution in [0.5, 0.6) is 0 Å². The molecule has 16 aromatic carbocycles. The first kappa shape index (κ1) is 63.5. The SMILES string of the molecule is CC1(C)c2ccc(N(c3ccccc3)c3ccc(-c4cc5c(oc6cccc(-c7nc(-c8ccccc8)nc(-c8ccccc8)n7)c65)c5ccccc45)cc3)cc2-c2ccc(-c3cccc(-c4nc(-c5ccccc5)nc(-c5cccc6oc7c8ccccc8c(-n8c9ccccc9c9ccccc98)cc7c56)n4)c3)cc21. The summed E-state index contributed by atoms with van der Waals surface area (Å²) in [6, 6.07) is 124. The summed E-state index contributed by atoms with van der Waals surface area (Å²) in [6.07, 6.45) is 0. The van der Waals surface area contributed by atoms with Crippen LogP contribution in [0.2, 0.25) is 0 Å². The minimum Gasteiger partial charge on any atom is -0.455 e. The van der Waals surface area contributed by atoms with Gasteiger partial charge >= 0.3 is 0 Å². The molecule has 10 nitrogen and oxygen atoms in total. The van der Waals surface area contributed by atoms with Crippen LogP contribution in [0.15, 0.2) is 361 Å². The third kappa shape index (κ3) is 10.3. The smallest absolute Gasteiger partial charge is 0.164 e. The van der Waals surface area contributed by atoms with Crippen molar-refractivity contribution in [2.45, 2.75) is 19.3 Å². The van der Waals surface area contributed by atoms with E-state index in [9.17, 15) is 0 Å². The second-order valence-corrected chi connectivity index (χ2v) is 29.2. The van der Waals surface area contributed by atoms with Gasteiger partial charge in [0, 0.05) is 104 Å². The molecule has 0 saturated heterocycles. The van der Waals surface area contributed by atoms with E-state index in [0.717, 1.165) is 155 Å². The average Bonchev–Trinajstić information content (AvgIpc) is 1.59. The molecule has 0 unspecified atom stereocenters. The van der Waals surface area contributed by atoms with E-state index >= 15 is 0 Å². The van der Waals surface area contributed by atoms with E-state index in [4.69, 9.17) is 38.7 Å². The quantitative estimate of drug-likeness (QED) is 0.118. The van der Waals surface area contributed by atoms with Crippen LogP contribution >= 0.6 is 0 Å². The molecule has 22 rings (SSSR count). The first-order valence-corrected chi connectivity index (χ1v) is 37.6. The van der Waals surface area contributed by atoms with E-state index in [0.29, 0.717) is 34.9 Å². The predicted octanol–water partition coefficient (Wildman–Crippen LogP) is 26.4. The van der Waals surface area contributed by atoms with Gasteiger partial charge in [-0.2, -0.15) is 0 Å². The number of anilines is 3. The van der Waals surface area contributed by atoms with Crippen molar-refractivity contribution in [1.82, 2.24) is 34.5 Å². The van der Waals surface area contributed by atoms with Gasteiger partial charge in [0.2, 0.25) is 0 Å². The molecule has 21 aromatic rings. The normalized spacial score (nSPS) is 12.5. The summed E-state index contributed by atoms with van der Waals surface area (Å²) < 4.78 is 16.3. The maximum absolute atomic E-state index is 6.97. The highest BCUT2D eigenvalue weighted by atomic mass is 16.3. The molecule has 1 aliphatic rings. The lowest BCUT2D eigenvalue weighted by molar-refractivity contribution is 0.660. The molecule has 0 amide bonds. The van der Waals surface area contributed by atoms with Gasteiger partial charge < -0.3 is 18.3 Å². The van der Waals surface area contributed by atoms with Crippen molar-refractivity contribution in [3.8, 4) is 107 Å². The van der Waals surface area contributed by atoms with E-state index in [-0.39, 0.29) is 5.41 Å². The van der Waals surface area contributed by atoms with Gasteiger partial charge in [-0.15, -0.1) is 0 Å². The van der Waals surface area contributed by atoms with Crippen molar-refractivity contribution in [2.75, 3.05) is 4.90 Å². The van der Waals surface area contributed by atoms with Crippen molar-refractivity contribution >= 4 is 104 Å². The number of aromatic nitrogens is 7. The summed E-state index contributed by atoms with van der Waals surface area (Å²) in [7, 11) is 0. The van der Waals surface area contributed by atoms with Crippen molar-refractivity contribution in [2.24, 2.45) is 0 Å². The summed E-state index contributed by atoms with van der Waals surface area (Å²) in [4.78, 5) is 33.9. The van der Waals surface area contributed by atoms with Gasteiger partial charge in [0.1, 0.15) is 22.3 Å². The highest BCUT2D eigenvalue weighted by molar-refractivity contribution is 6.24. The van der Waals surface area contributed by atoms with Gasteiger partial charge in [-0.1, -0.05) is 281 Å². The molecular formula is C101H64N8O2. The number of hydrogen-bond acceptors (Lipinski definition) is 9. The molecule has 0 fully saturated rings. The Labute approximate surface area is 638 Å². The molecule has 0 aliphatic heterocycles. The average molecular weight is 1420 g/mol. The van der Waals surface area contributed by atoms with Gasteiger partial charge in [0.05, 0.1) is 16.7 Å². The van der Waals surface area contributed by atoms with Crippen molar-refractivity contribution in [1.29, 1.82) is 0 Å². The molecule has 0 saturated carbocycles. The first-order chi connectivity index (χ1) is 54.8. The van der Waals surface area contributed by atoms with Crippen LogP contribution in [0.4, 0.5) is 17.1 Å². The van der Waals surface area contributed by atoms with E-state index in [1.165, 1.54) is 33.0 Å². The maximum Gasteiger partial charge on any atom is 0.164 e. The Morgan fingerprint density at radius 3 is 1.25 bits per heavy atom. The topological polar surface area (TPSA) is 112 Å². The molecule has 0 radical (unpaired) electrons. The molecule has 520 valence electrons. The highest BCUT2D eigenvalue weighted by Crippen LogP contribution is 2.53. The molecule has 0 N–H and O–H groups in total. The molecule has 5 heterocycles.